The summed E-state index contributed by atoms with van der Waals surface area (Å²) in [5, 5.41) is 0. The summed E-state index contributed by atoms with van der Waals surface area (Å²) < 4.78 is 28.2. The van der Waals surface area contributed by atoms with E-state index in [0.29, 0.717) is 13.1 Å². The summed E-state index contributed by atoms with van der Waals surface area (Å²) in [5.41, 5.74) is 1.10. The van der Waals surface area contributed by atoms with Crippen molar-refractivity contribution in [1.29, 1.82) is 0 Å². The van der Waals surface area contributed by atoms with Gasteiger partial charge in [0.05, 0.1) is 7.11 Å². The molecule has 1 aliphatic rings. The Labute approximate surface area is 103 Å². The number of hydrogen-bond donors (Lipinski definition) is 1. The molecule has 0 aromatic heterocycles. The van der Waals surface area contributed by atoms with Crippen LogP contribution in [-0.4, -0.2) is 46.0 Å². The van der Waals surface area contributed by atoms with Gasteiger partial charge in [0, 0.05) is 31.9 Å². The van der Waals surface area contributed by atoms with E-state index in [1.165, 1.54) is 4.31 Å². The predicted molar refractivity (Wildman–Crippen MR) is 67.1 cm³/mol. The molecule has 0 aliphatic carbocycles. The van der Waals surface area contributed by atoms with Crippen molar-refractivity contribution in [1.82, 2.24) is 4.31 Å². The molecule has 0 saturated carbocycles. The van der Waals surface area contributed by atoms with Crippen molar-refractivity contribution >= 4 is 16.6 Å². The van der Waals surface area contributed by atoms with Crippen LogP contribution >= 0.6 is 0 Å². The van der Waals surface area contributed by atoms with Gasteiger partial charge in [-0.2, -0.15) is 0 Å². The maximum Gasteiger partial charge on any atom is 0.204 e. The van der Waals surface area contributed by atoms with Gasteiger partial charge in [0.25, 0.3) is 0 Å². The van der Waals surface area contributed by atoms with Crippen molar-refractivity contribution in [2.45, 2.75) is 0 Å². The van der Waals surface area contributed by atoms with Crippen molar-refractivity contribution in [2.24, 2.45) is 0 Å². The normalized spacial score (nSPS) is 17.4. The molecule has 1 heterocycles. The first kappa shape index (κ1) is 12.2. The van der Waals surface area contributed by atoms with Crippen molar-refractivity contribution in [3.05, 3.63) is 24.3 Å². The fraction of sp³-hybridized carbons (Fsp3) is 0.455. The first-order valence-corrected chi connectivity index (χ1v) is 6.62. The maximum absolute atomic E-state index is 10.8. The summed E-state index contributed by atoms with van der Waals surface area (Å²) in [6, 6.07) is 7.81. The first-order chi connectivity index (χ1) is 8.20. The summed E-state index contributed by atoms with van der Waals surface area (Å²) in [4.78, 5) is 2.18. The molecule has 1 aromatic carbocycles. The van der Waals surface area contributed by atoms with E-state index in [2.05, 4.69) is 4.90 Å². The van der Waals surface area contributed by atoms with Gasteiger partial charge >= 0.3 is 0 Å². The van der Waals surface area contributed by atoms with Gasteiger partial charge in [0.2, 0.25) is 10.9 Å². The predicted octanol–water partition coefficient (Wildman–Crippen LogP) is 0.344. The van der Waals surface area contributed by atoms with Crippen LogP contribution in [0.15, 0.2) is 24.3 Å². The third kappa shape index (κ3) is 2.89. The number of ether oxygens (including phenoxy) is 1. The summed E-state index contributed by atoms with van der Waals surface area (Å²) >= 11 is 0. The van der Waals surface area contributed by atoms with E-state index < -0.39 is 10.9 Å². The van der Waals surface area contributed by atoms with Gasteiger partial charge in [-0.3, -0.25) is 0 Å². The molecule has 0 spiro atoms. The minimum absolute atomic E-state index is 0.560. The summed E-state index contributed by atoms with van der Waals surface area (Å²) in [7, 11) is -0.790. The highest BCUT2D eigenvalue weighted by atomic mass is 32.2. The largest absolute Gasteiger partial charge is 0.497 e. The summed E-state index contributed by atoms with van der Waals surface area (Å²) in [5.74, 6) is 0.829. The van der Waals surface area contributed by atoms with Crippen LogP contribution in [0.4, 0.5) is 5.69 Å². The lowest BCUT2D eigenvalue weighted by Crippen LogP contribution is -2.45. The molecule has 0 radical (unpaired) electrons. The molecule has 6 heteroatoms. The number of nitrogens with zero attached hydrogens (tertiary/aromatic N) is 2. The topological polar surface area (TPSA) is 49.9 Å². The third-order valence-electron chi connectivity index (χ3n) is 2.92. The smallest absolute Gasteiger partial charge is 0.204 e. The molecule has 1 saturated heterocycles. The van der Waals surface area contributed by atoms with Crippen LogP contribution in [0, 0.1) is 0 Å². The standard InChI is InChI=1S/C11H16N2O3S/c1-16-11-4-2-10(3-5-11)12-6-8-13(9-7-12)17(14)15/h2-5,17H,6-9H2,1H3. The van der Waals surface area contributed by atoms with Gasteiger partial charge in [-0.25, -0.2) is 12.7 Å². The highest BCUT2D eigenvalue weighted by Gasteiger charge is 2.18. The third-order valence-corrected chi connectivity index (χ3v) is 3.79. The zero-order chi connectivity index (χ0) is 12.3. The summed E-state index contributed by atoms with van der Waals surface area (Å²) in [6.45, 7) is 2.58. The fourth-order valence-electron chi connectivity index (χ4n) is 1.91. The number of piperazine rings is 1. The molecule has 1 fully saturated rings. The second-order valence-electron chi connectivity index (χ2n) is 3.88. The lowest BCUT2D eigenvalue weighted by molar-refractivity contribution is 0.396. The van der Waals surface area contributed by atoms with E-state index in [1.54, 1.807) is 7.11 Å². The molecule has 0 atom stereocenters. The van der Waals surface area contributed by atoms with Crippen molar-refractivity contribution < 1.29 is 13.2 Å². The van der Waals surface area contributed by atoms with Crippen molar-refractivity contribution in [3.63, 3.8) is 0 Å². The van der Waals surface area contributed by atoms with Gasteiger partial charge in [-0.15, -0.1) is 0 Å². The molecule has 0 unspecified atom stereocenters. The van der Waals surface area contributed by atoms with E-state index in [1.807, 2.05) is 24.3 Å². The van der Waals surface area contributed by atoms with Crippen LogP contribution in [0.3, 0.4) is 0 Å². The SMILES string of the molecule is COc1ccc(N2CCN([SH](=O)=O)CC2)cc1. The zero-order valence-electron chi connectivity index (χ0n) is 9.70. The molecule has 0 N–H and O–H groups in total. The minimum Gasteiger partial charge on any atom is -0.497 e. The Morgan fingerprint density at radius 3 is 2.12 bits per heavy atom. The number of benzene rings is 1. The van der Waals surface area contributed by atoms with Crippen LogP contribution < -0.4 is 9.64 Å². The van der Waals surface area contributed by atoms with Gasteiger partial charge in [-0.05, 0) is 24.3 Å². The number of thiol groups is 1. The van der Waals surface area contributed by atoms with Crippen LogP contribution in [-0.2, 0) is 10.9 Å². The number of rotatable bonds is 3. The Morgan fingerprint density at radius 1 is 1.06 bits per heavy atom. The molecular formula is C11H16N2O3S. The second kappa shape index (κ2) is 5.37. The number of anilines is 1. The Kier molecular flexibility index (Phi) is 3.86. The average molecular weight is 256 g/mol. The quantitative estimate of drug-likeness (QED) is 0.793. The lowest BCUT2D eigenvalue weighted by atomic mass is 10.2. The molecule has 1 aliphatic heterocycles. The highest BCUT2D eigenvalue weighted by molar-refractivity contribution is 7.69. The molecule has 17 heavy (non-hydrogen) atoms. The molecule has 94 valence electrons. The van der Waals surface area contributed by atoms with E-state index in [9.17, 15) is 8.42 Å². The lowest BCUT2D eigenvalue weighted by Gasteiger charge is -2.33. The van der Waals surface area contributed by atoms with Crippen LogP contribution in [0.25, 0.3) is 0 Å². The molecule has 5 nitrogen and oxygen atoms in total. The highest BCUT2D eigenvalue weighted by Crippen LogP contribution is 2.20. The molecule has 0 amide bonds. The monoisotopic (exact) mass is 256 g/mol. The first-order valence-electron chi connectivity index (χ1n) is 5.49. The minimum atomic E-state index is -2.43. The Morgan fingerprint density at radius 2 is 1.65 bits per heavy atom. The molecular weight excluding hydrogens is 240 g/mol. The zero-order valence-corrected chi connectivity index (χ0v) is 10.6. The van der Waals surface area contributed by atoms with Gasteiger partial charge in [0.15, 0.2) is 0 Å². The number of hydrogen-bond acceptors (Lipinski definition) is 4. The Bertz CT molecular complexity index is 429. The van der Waals surface area contributed by atoms with Gasteiger partial charge in [0.1, 0.15) is 5.75 Å². The number of methoxy groups -OCH3 is 1. The van der Waals surface area contributed by atoms with Gasteiger partial charge in [-0.1, -0.05) is 0 Å². The van der Waals surface area contributed by atoms with Crippen molar-refractivity contribution in [2.75, 3.05) is 38.2 Å². The molecule has 2 rings (SSSR count). The fourth-order valence-corrected chi connectivity index (χ4v) is 2.42. The average Bonchev–Trinajstić information content (AvgIpc) is 2.39. The molecule has 1 aromatic rings. The van der Waals surface area contributed by atoms with E-state index in [4.69, 9.17) is 4.74 Å². The summed E-state index contributed by atoms with van der Waals surface area (Å²) in [6.07, 6.45) is 0. The van der Waals surface area contributed by atoms with E-state index >= 15 is 0 Å². The Balaban J connectivity index is 2.00. The maximum atomic E-state index is 10.8. The van der Waals surface area contributed by atoms with E-state index in [0.717, 1.165) is 24.5 Å². The Hall–Kier alpha value is -1.27. The second-order valence-corrected chi connectivity index (χ2v) is 4.92. The molecule has 0 bridgehead atoms. The van der Waals surface area contributed by atoms with Crippen LogP contribution in [0.2, 0.25) is 0 Å². The van der Waals surface area contributed by atoms with Crippen LogP contribution in [0.1, 0.15) is 0 Å². The van der Waals surface area contributed by atoms with Crippen molar-refractivity contribution in [3.8, 4) is 5.75 Å². The van der Waals surface area contributed by atoms with Gasteiger partial charge < -0.3 is 9.64 Å². The van der Waals surface area contributed by atoms with E-state index in [-0.39, 0.29) is 0 Å². The van der Waals surface area contributed by atoms with Crippen LogP contribution in [0.5, 0.6) is 5.75 Å².